The lowest BCUT2D eigenvalue weighted by Gasteiger charge is -2.08. The fourth-order valence-corrected chi connectivity index (χ4v) is 1.65. The second-order valence-corrected chi connectivity index (χ2v) is 4.10. The van der Waals surface area contributed by atoms with Crippen molar-refractivity contribution in [3.63, 3.8) is 0 Å². The molecule has 1 aromatic heterocycles. The van der Waals surface area contributed by atoms with E-state index in [2.05, 4.69) is 15.6 Å². The molecule has 0 spiro atoms. The lowest BCUT2D eigenvalue weighted by molar-refractivity contribution is 0.0526. The quantitative estimate of drug-likeness (QED) is 0.846. The molecule has 0 saturated heterocycles. The van der Waals surface area contributed by atoms with Gasteiger partial charge in [0.25, 0.3) is 0 Å². The highest BCUT2D eigenvalue weighted by atomic mass is 16.5. The van der Waals surface area contributed by atoms with Gasteiger partial charge in [0, 0.05) is 11.9 Å². The number of rotatable bonds is 4. The van der Waals surface area contributed by atoms with Gasteiger partial charge in [-0.25, -0.2) is 14.6 Å². The van der Waals surface area contributed by atoms with E-state index in [4.69, 9.17) is 4.74 Å². The van der Waals surface area contributed by atoms with Crippen molar-refractivity contribution in [3.8, 4) is 0 Å². The van der Waals surface area contributed by atoms with Gasteiger partial charge >= 0.3 is 12.0 Å². The molecule has 0 bridgehead atoms. The summed E-state index contributed by atoms with van der Waals surface area (Å²) in [7, 11) is 0. The van der Waals surface area contributed by atoms with Crippen LogP contribution in [-0.2, 0) is 4.74 Å². The Kier molecular flexibility index (Phi) is 4.87. The zero-order chi connectivity index (χ0) is 15.1. The topological polar surface area (TPSA) is 80.3 Å². The number of carbonyl (C=O) groups is 2. The van der Waals surface area contributed by atoms with Gasteiger partial charge in [0.1, 0.15) is 5.82 Å². The Bertz CT molecular complexity index is 629. The summed E-state index contributed by atoms with van der Waals surface area (Å²) >= 11 is 0. The Hall–Kier alpha value is -2.89. The molecule has 0 aliphatic heterocycles. The first-order valence-electron chi connectivity index (χ1n) is 6.45. The van der Waals surface area contributed by atoms with E-state index in [9.17, 15) is 9.59 Å². The maximum atomic E-state index is 11.8. The molecule has 0 fully saturated rings. The summed E-state index contributed by atoms with van der Waals surface area (Å²) in [4.78, 5) is 27.4. The van der Waals surface area contributed by atoms with Gasteiger partial charge in [-0.2, -0.15) is 0 Å². The SMILES string of the molecule is CCOC(=O)c1cccc(NC(=O)Nc2ccccn2)c1. The monoisotopic (exact) mass is 285 g/mol. The van der Waals surface area contributed by atoms with Gasteiger partial charge < -0.3 is 10.1 Å². The van der Waals surface area contributed by atoms with Crippen molar-refractivity contribution in [2.75, 3.05) is 17.2 Å². The van der Waals surface area contributed by atoms with Gasteiger partial charge in [-0.1, -0.05) is 12.1 Å². The molecule has 6 nitrogen and oxygen atoms in total. The molecule has 2 amide bonds. The number of pyridine rings is 1. The van der Waals surface area contributed by atoms with Crippen LogP contribution in [0.1, 0.15) is 17.3 Å². The molecule has 6 heteroatoms. The molecule has 0 radical (unpaired) electrons. The Labute approximate surface area is 122 Å². The minimum absolute atomic E-state index is 0.302. The van der Waals surface area contributed by atoms with Gasteiger partial charge in [0.2, 0.25) is 0 Å². The number of ether oxygens (including phenoxy) is 1. The van der Waals surface area contributed by atoms with Gasteiger partial charge in [-0.3, -0.25) is 5.32 Å². The highest BCUT2D eigenvalue weighted by Gasteiger charge is 2.08. The highest BCUT2D eigenvalue weighted by molar-refractivity contribution is 6.00. The van der Waals surface area contributed by atoms with E-state index < -0.39 is 12.0 Å². The lowest BCUT2D eigenvalue weighted by atomic mass is 10.2. The number of benzene rings is 1. The Morgan fingerprint density at radius 1 is 1.14 bits per heavy atom. The summed E-state index contributed by atoms with van der Waals surface area (Å²) in [5.41, 5.74) is 0.876. The van der Waals surface area contributed by atoms with Crippen LogP contribution >= 0.6 is 0 Å². The molecular weight excluding hydrogens is 270 g/mol. The third kappa shape index (κ3) is 4.31. The van der Waals surface area contributed by atoms with Gasteiger partial charge in [0.05, 0.1) is 12.2 Å². The maximum Gasteiger partial charge on any atom is 0.338 e. The number of carbonyl (C=O) groups excluding carboxylic acids is 2. The molecule has 1 aromatic carbocycles. The van der Waals surface area contributed by atoms with Crippen molar-refractivity contribution in [1.29, 1.82) is 0 Å². The minimum atomic E-state index is -0.435. The molecule has 0 saturated carbocycles. The van der Waals surface area contributed by atoms with Crippen molar-refractivity contribution >= 4 is 23.5 Å². The number of hydrogen-bond donors (Lipinski definition) is 2. The fraction of sp³-hybridized carbons (Fsp3) is 0.133. The van der Waals surface area contributed by atoms with Gasteiger partial charge in [-0.05, 0) is 37.3 Å². The maximum absolute atomic E-state index is 11.8. The minimum Gasteiger partial charge on any atom is -0.462 e. The van der Waals surface area contributed by atoms with Crippen molar-refractivity contribution in [3.05, 3.63) is 54.2 Å². The van der Waals surface area contributed by atoms with Gasteiger partial charge in [0.15, 0.2) is 0 Å². The predicted molar refractivity (Wildman–Crippen MR) is 79.3 cm³/mol. The van der Waals surface area contributed by atoms with Crippen LogP contribution < -0.4 is 10.6 Å². The third-order valence-electron chi connectivity index (χ3n) is 2.54. The predicted octanol–water partition coefficient (Wildman–Crippen LogP) is 2.90. The molecule has 1 heterocycles. The second-order valence-electron chi connectivity index (χ2n) is 4.10. The molecular formula is C15H15N3O3. The zero-order valence-electron chi connectivity index (χ0n) is 11.5. The Morgan fingerprint density at radius 3 is 2.71 bits per heavy atom. The Morgan fingerprint density at radius 2 is 2.00 bits per heavy atom. The van der Waals surface area contributed by atoms with E-state index in [0.29, 0.717) is 23.7 Å². The molecule has 0 unspecified atom stereocenters. The largest absolute Gasteiger partial charge is 0.462 e. The number of nitrogens with one attached hydrogen (secondary N) is 2. The number of esters is 1. The molecule has 2 N–H and O–H groups in total. The van der Waals surface area contributed by atoms with E-state index in [0.717, 1.165) is 0 Å². The molecule has 0 aliphatic carbocycles. The standard InChI is InChI=1S/C15H15N3O3/c1-2-21-14(19)11-6-5-7-12(10-11)17-15(20)18-13-8-3-4-9-16-13/h3-10H,2H2,1H3,(H2,16,17,18,20). The average molecular weight is 285 g/mol. The molecule has 108 valence electrons. The molecule has 21 heavy (non-hydrogen) atoms. The van der Waals surface area contributed by atoms with Crippen molar-refractivity contribution in [2.45, 2.75) is 6.92 Å². The smallest absolute Gasteiger partial charge is 0.338 e. The molecule has 2 aromatic rings. The first kappa shape index (κ1) is 14.5. The normalized spacial score (nSPS) is 9.76. The van der Waals surface area contributed by atoms with Crippen LogP contribution in [0.25, 0.3) is 0 Å². The van der Waals surface area contributed by atoms with Gasteiger partial charge in [-0.15, -0.1) is 0 Å². The Balaban J connectivity index is 2.01. The van der Waals surface area contributed by atoms with E-state index in [1.807, 2.05) is 0 Å². The molecule has 2 rings (SSSR count). The van der Waals surface area contributed by atoms with Crippen LogP contribution in [0.5, 0.6) is 0 Å². The number of anilines is 2. The number of aromatic nitrogens is 1. The van der Waals surface area contributed by atoms with Crippen molar-refractivity contribution < 1.29 is 14.3 Å². The van der Waals surface area contributed by atoms with Crippen LogP contribution in [0, 0.1) is 0 Å². The van der Waals surface area contributed by atoms with Crippen LogP contribution in [0.2, 0.25) is 0 Å². The summed E-state index contributed by atoms with van der Waals surface area (Å²) < 4.78 is 4.91. The third-order valence-corrected chi connectivity index (χ3v) is 2.54. The van der Waals surface area contributed by atoms with Crippen molar-refractivity contribution in [2.24, 2.45) is 0 Å². The number of urea groups is 1. The fourth-order valence-electron chi connectivity index (χ4n) is 1.65. The van der Waals surface area contributed by atoms with E-state index >= 15 is 0 Å². The van der Waals surface area contributed by atoms with E-state index in [-0.39, 0.29) is 0 Å². The summed E-state index contributed by atoms with van der Waals surface area (Å²) in [5.74, 6) is 0.0165. The lowest BCUT2D eigenvalue weighted by Crippen LogP contribution is -2.20. The first-order chi connectivity index (χ1) is 10.2. The van der Waals surface area contributed by atoms with Crippen LogP contribution in [0.4, 0.5) is 16.3 Å². The number of amides is 2. The summed E-state index contributed by atoms with van der Waals surface area (Å²) in [6.45, 7) is 2.04. The van der Waals surface area contributed by atoms with Crippen molar-refractivity contribution in [1.82, 2.24) is 4.98 Å². The molecule has 0 atom stereocenters. The van der Waals surface area contributed by atoms with Crippen LogP contribution in [0.3, 0.4) is 0 Å². The summed E-state index contributed by atoms with van der Waals surface area (Å²) in [6.07, 6.45) is 1.58. The van der Waals surface area contributed by atoms with Crippen LogP contribution in [0.15, 0.2) is 48.7 Å². The van der Waals surface area contributed by atoms with E-state index in [1.165, 1.54) is 0 Å². The molecule has 0 aliphatic rings. The number of hydrogen-bond acceptors (Lipinski definition) is 4. The zero-order valence-corrected chi connectivity index (χ0v) is 11.5. The average Bonchev–Trinajstić information content (AvgIpc) is 2.48. The summed E-state index contributed by atoms with van der Waals surface area (Å²) in [6, 6.07) is 11.3. The highest BCUT2D eigenvalue weighted by Crippen LogP contribution is 2.12. The van der Waals surface area contributed by atoms with E-state index in [1.54, 1.807) is 55.6 Å². The number of nitrogens with zero attached hydrogens (tertiary/aromatic N) is 1. The summed E-state index contributed by atoms with van der Waals surface area (Å²) in [5, 5.41) is 5.22. The first-order valence-corrected chi connectivity index (χ1v) is 6.45. The second kappa shape index (κ2) is 7.04. The van der Waals surface area contributed by atoms with Crippen LogP contribution in [-0.4, -0.2) is 23.6 Å².